The molecular weight excluding hydrogens is 532 g/mol. The first kappa shape index (κ1) is 28.8. The molecule has 4 aromatic rings. The summed E-state index contributed by atoms with van der Waals surface area (Å²) in [5.41, 5.74) is 0.430. The number of nitrogens with zero attached hydrogens (tertiary/aromatic N) is 5. The highest BCUT2D eigenvalue weighted by molar-refractivity contribution is 7.10. The van der Waals surface area contributed by atoms with Crippen molar-refractivity contribution in [3.63, 3.8) is 0 Å². The number of carbonyl (C=O) groups is 2. The molecule has 40 heavy (non-hydrogen) atoms. The minimum absolute atomic E-state index is 0.205. The number of ether oxygens (including phenoxy) is 2. The Bertz CT molecular complexity index is 1440. The molecular formula is C28H34N6O5S. The number of aromatic nitrogens is 4. The van der Waals surface area contributed by atoms with E-state index in [0.29, 0.717) is 29.4 Å². The van der Waals surface area contributed by atoms with E-state index in [1.807, 2.05) is 63.4 Å². The van der Waals surface area contributed by atoms with Crippen molar-refractivity contribution >= 4 is 23.2 Å². The summed E-state index contributed by atoms with van der Waals surface area (Å²) in [6, 6.07) is 12.0. The molecule has 0 unspecified atom stereocenters. The summed E-state index contributed by atoms with van der Waals surface area (Å²) in [4.78, 5) is 31.1. The number of aryl methyl sites for hydroxylation is 1. The Hall–Kier alpha value is -4.19. The highest BCUT2D eigenvalue weighted by Crippen LogP contribution is 2.30. The second-order valence-electron chi connectivity index (χ2n) is 10.2. The Labute approximate surface area is 237 Å². The van der Waals surface area contributed by atoms with Crippen molar-refractivity contribution in [2.24, 2.45) is 0 Å². The van der Waals surface area contributed by atoms with Gasteiger partial charge in [-0.1, -0.05) is 12.1 Å². The van der Waals surface area contributed by atoms with Gasteiger partial charge in [0.1, 0.15) is 18.3 Å². The Morgan fingerprint density at radius 3 is 2.52 bits per heavy atom. The predicted molar refractivity (Wildman–Crippen MR) is 150 cm³/mol. The lowest BCUT2D eigenvalue weighted by Gasteiger charge is -2.33. The first-order valence-electron chi connectivity index (χ1n) is 12.8. The number of furan rings is 1. The van der Waals surface area contributed by atoms with Gasteiger partial charge < -0.3 is 24.1 Å². The molecule has 0 saturated carbocycles. The SMILES string of the molecule is COc1ccc(CCN(C(=O)Cn2nnc(-c3ccc(C)o3)n2)[C@H](C(=O)NC(C)(C)C)c2cccs2)cc1OC. The van der Waals surface area contributed by atoms with Crippen LogP contribution in [0.5, 0.6) is 11.5 Å². The number of benzene rings is 1. The van der Waals surface area contributed by atoms with Crippen LogP contribution < -0.4 is 14.8 Å². The fourth-order valence-corrected chi connectivity index (χ4v) is 5.00. The molecule has 1 N–H and O–H groups in total. The highest BCUT2D eigenvalue weighted by Gasteiger charge is 2.34. The quantitative estimate of drug-likeness (QED) is 0.288. The van der Waals surface area contributed by atoms with Crippen molar-refractivity contribution in [1.29, 1.82) is 0 Å². The van der Waals surface area contributed by atoms with E-state index in [-0.39, 0.29) is 30.7 Å². The third-order valence-electron chi connectivity index (χ3n) is 5.97. The summed E-state index contributed by atoms with van der Waals surface area (Å²) in [5.74, 6) is 2.05. The van der Waals surface area contributed by atoms with Gasteiger partial charge in [0.05, 0.1) is 14.2 Å². The number of methoxy groups -OCH3 is 2. The molecule has 3 aromatic heterocycles. The van der Waals surface area contributed by atoms with Crippen molar-refractivity contribution < 1.29 is 23.5 Å². The molecule has 0 aliphatic carbocycles. The summed E-state index contributed by atoms with van der Waals surface area (Å²) in [5, 5.41) is 17.3. The van der Waals surface area contributed by atoms with Crippen LogP contribution in [-0.4, -0.2) is 63.2 Å². The maximum absolute atomic E-state index is 13.9. The van der Waals surface area contributed by atoms with E-state index in [0.717, 1.165) is 10.4 Å². The van der Waals surface area contributed by atoms with E-state index in [4.69, 9.17) is 13.9 Å². The van der Waals surface area contributed by atoms with Gasteiger partial charge >= 0.3 is 0 Å². The molecule has 3 heterocycles. The second-order valence-corrected chi connectivity index (χ2v) is 11.2. The maximum Gasteiger partial charge on any atom is 0.248 e. The molecule has 2 amide bonds. The monoisotopic (exact) mass is 566 g/mol. The molecule has 0 fully saturated rings. The summed E-state index contributed by atoms with van der Waals surface area (Å²) in [6.45, 7) is 7.59. The first-order valence-corrected chi connectivity index (χ1v) is 13.7. The Morgan fingerprint density at radius 1 is 1.12 bits per heavy atom. The Kier molecular flexibility index (Phi) is 8.88. The van der Waals surface area contributed by atoms with E-state index in [9.17, 15) is 9.59 Å². The minimum atomic E-state index is -0.845. The van der Waals surface area contributed by atoms with Crippen LogP contribution in [0.3, 0.4) is 0 Å². The van der Waals surface area contributed by atoms with Crippen LogP contribution in [0, 0.1) is 6.92 Å². The number of hydrogen-bond acceptors (Lipinski definition) is 9. The molecule has 4 rings (SSSR count). The highest BCUT2D eigenvalue weighted by atomic mass is 32.1. The molecule has 11 nitrogen and oxygen atoms in total. The predicted octanol–water partition coefficient (Wildman–Crippen LogP) is 4.05. The molecule has 0 saturated heterocycles. The normalized spacial score (nSPS) is 12.2. The summed E-state index contributed by atoms with van der Waals surface area (Å²) < 4.78 is 16.4. The molecule has 1 aromatic carbocycles. The molecule has 0 spiro atoms. The zero-order chi connectivity index (χ0) is 28.9. The van der Waals surface area contributed by atoms with Crippen LogP contribution in [0.2, 0.25) is 0 Å². The number of thiophene rings is 1. The summed E-state index contributed by atoms with van der Waals surface area (Å²) >= 11 is 1.42. The number of rotatable bonds is 11. The summed E-state index contributed by atoms with van der Waals surface area (Å²) in [7, 11) is 3.15. The van der Waals surface area contributed by atoms with Gasteiger partial charge in [0.2, 0.25) is 17.6 Å². The smallest absolute Gasteiger partial charge is 0.248 e. The molecule has 0 radical (unpaired) electrons. The molecule has 0 bridgehead atoms. The third-order valence-corrected chi connectivity index (χ3v) is 6.90. The number of hydrogen-bond donors (Lipinski definition) is 1. The number of carbonyl (C=O) groups excluding carboxylic acids is 2. The van der Waals surface area contributed by atoms with Gasteiger partial charge in [-0.3, -0.25) is 9.59 Å². The molecule has 212 valence electrons. The van der Waals surface area contributed by atoms with E-state index >= 15 is 0 Å². The minimum Gasteiger partial charge on any atom is -0.493 e. The zero-order valence-electron chi connectivity index (χ0n) is 23.5. The van der Waals surface area contributed by atoms with Crippen LogP contribution in [0.1, 0.15) is 43.0 Å². The standard InChI is InChI=1S/C28H34N6O5S/c1-18-9-11-21(39-18)26-30-32-34(31-26)17-24(35)33(14-13-19-10-12-20(37-5)22(16-19)38-6)25(23-8-7-15-40-23)27(36)29-28(2,3)4/h7-12,15-16,25H,13-14,17H2,1-6H3,(H,29,36)/t25-/m0/s1. The largest absolute Gasteiger partial charge is 0.493 e. The molecule has 1 atom stereocenters. The van der Waals surface area contributed by atoms with E-state index in [1.54, 1.807) is 31.3 Å². The van der Waals surface area contributed by atoms with Gasteiger partial charge in [0.15, 0.2) is 17.3 Å². The lowest BCUT2D eigenvalue weighted by atomic mass is 10.1. The van der Waals surface area contributed by atoms with Crippen molar-refractivity contribution in [1.82, 2.24) is 30.4 Å². The zero-order valence-corrected chi connectivity index (χ0v) is 24.3. The Balaban J connectivity index is 1.64. The average Bonchev–Trinajstić information content (AvgIpc) is 3.67. The molecule has 0 aliphatic heterocycles. The van der Waals surface area contributed by atoms with Crippen molar-refractivity contribution in [2.75, 3.05) is 20.8 Å². The van der Waals surface area contributed by atoms with Crippen molar-refractivity contribution in [2.45, 2.75) is 52.2 Å². The maximum atomic E-state index is 13.9. The lowest BCUT2D eigenvalue weighted by Crippen LogP contribution is -2.50. The third kappa shape index (κ3) is 7.06. The first-order chi connectivity index (χ1) is 19.1. The molecule has 0 aliphatic rings. The van der Waals surface area contributed by atoms with Crippen LogP contribution in [-0.2, 0) is 22.6 Å². The van der Waals surface area contributed by atoms with Gasteiger partial charge in [-0.05, 0) is 80.6 Å². The van der Waals surface area contributed by atoms with Gasteiger partial charge in [0.25, 0.3) is 0 Å². The fourth-order valence-electron chi connectivity index (χ4n) is 4.17. The number of amides is 2. The van der Waals surface area contributed by atoms with Gasteiger partial charge in [-0.2, -0.15) is 4.80 Å². The Morgan fingerprint density at radius 2 is 1.90 bits per heavy atom. The van der Waals surface area contributed by atoms with Crippen molar-refractivity contribution in [3.05, 3.63) is 64.0 Å². The van der Waals surface area contributed by atoms with Crippen LogP contribution in [0.4, 0.5) is 0 Å². The molecule has 12 heteroatoms. The van der Waals surface area contributed by atoms with Gasteiger partial charge in [-0.25, -0.2) is 0 Å². The number of nitrogens with one attached hydrogen (secondary N) is 1. The number of tetrazole rings is 1. The van der Waals surface area contributed by atoms with E-state index in [1.165, 1.54) is 16.1 Å². The lowest BCUT2D eigenvalue weighted by molar-refractivity contribution is -0.142. The second kappa shape index (κ2) is 12.3. The van der Waals surface area contributed by atoms with Gasteiger partial charge in [-0.15, -0.1) is 21.5 Å². The van der Waals surface area contributed by atoms with Gasteiger partial charge in [0, 0.05) is 17.0 Å². The van der Waals surface area contributed by atoms with Crippen LogP contribution in [0.15, 0.2) is 52.3 Å². The topological polar surface area (TPSA) is 125 Å². The fraction of sp³-hybridized carbons (Fsp3) is 0.393. The average molecular weight is 567 g/mol. The van der Waals surface area contributed by atoms with Crippen LogP contribution >= 0.6 is 11.3 Å². The summed E-state index contributed by atoms with van der Waals surface area (Å²) in [6.07, 6.45) is 0.471. The van der Waals surface area contributed by atoms with Crippen LogP contribution in [0.25, 0.3) is 11.6 Å². The van der Waals surface area contributed by atoms with E-state index < -0.39 is 11.6 Å². The van der Waals surface area contributed by atoms with E-state index in [2.05, 4.69) is 20.7 Å². The van der Waals surface area contributed by atoms with Crippen molar-refractivity contribution in [3.8, 4) is 23.1 Å².